The summed E-state index contributed by atoms with van der Waals surface area (Å²) in [5.74, 6) is 0.267. The first-order chi connectivity index (χ1) is 18.1. The van der Waals surface area contributed by atoms with E-state index in [1.165, 1.54) is 24.0 Å². The molecule has 0 bridgehead atoms. The summed E-state index contributed by atoms with van der Waals surface area (Å²) in [7, 11) is 0. The molecule has 6 rings (SSSR count). The van der Waals surface area contributed by atoms with Crippen molar-refractivity contribution in [3.63, 3.8) is 0 Å². The molecule has 218 valence electrons. The van der Waals surface area contributed by atoms with Gasteiger partial charge in [0.1, 0.15) is 0 Å². The number of fused-ring (bicyclic) bond motifs is 7. The summed E-state index contributed by atoms with van der Waals surface area (Å²) < 4.78 is 12.9. The lowest BCUT2D eigenvalue weighted by atomic mass is 9.32. The molecular formula is C35H54O4. The van der Waals surface area contributed by atoms with Gasteiger partial charge in [0.25, 0.3) is 0 Å². The molecular weight excluding hydrogens is 484 g/mol. The van der Waals surface area contributed by atoms with E-state index in [4.69, 9.17) is 9.47 Å². The van der Waals surface area contributed by atoms with Gasteiger partial charge in [0.2, 0.25) is 0 Å². The molecule has 0 aromatic carbocycles. The minimum Gasteiger partial charge on any atom is -0.481 e. The van der Waals surface area contributed by atoms with Crippen LogP contribution in [0, 0.1) is 50.2 Å². The number of carboxylic acids is 1. The maximum Gasteiger partial charge on any atom is 0.310 e. The average Bonchev–Trinajstić information content (AvgIpc) is 3.34. The van der Waals surface area contributed by atoms with Crippen LogP contribution < -0.4 is 0 Å². The highest BCUT2D eigenvalue weighted by Crippen LogP contribution is 2.77. The second-order valence-electron chi connectivity index (χ2n) is 16.6. The summed E-state index contributed by atoms with van der Waals surface area (Å²) in [6.45, 7) is 21.0. The molecule has 1 heterocycles. The zero-order valence-corrected chi connectivity index (χ0v) is 26.0. The maximum absolute atomic E-state index is 13.1. The molecule has 0 aromatic rings. The van der Waals surface area contributed by atoms with Gasteiger partial charge in [-0.3, -0.25) is 4.79 Å². The Morgan fingerprint density at radius 1 is 0.872 bits per heavy atom. The summed E-state index contributed by atoms with van der Waals surface area (Å²) in [5, 5.41) is 10.8. The van der Waals surface area contributed by atoms with E-state index in [-0.39, 0.29) is 33.0 Å². The van der Waals surface area contributed by atoms with E-state index in [1.54, 1.807) is 0 Å². The van der Waals surface area contributed by atoms with Crippen LogP contribution in [0.5, 0.6) is 0 Å². The van der Waals surface area contributed by atoms with Gasteiger partial charge in [0, 0.05) is 11.8 Å². The standard InChI is InChI=1S/C35H54O4/c1-9-10-23-21-26-31(6)14-18-35(38-19-20-39-35)30(4,5)25(31)11-12-32(26,7)33(8)15-17-34(28(36)37)16-13-29(2,3)22-24(34)27(23)33/h9-10,24-26H,11-22H2,1-8H3,(H,36,37). The Balaban J connectivity index is 1.50. The zero-order valence-electron chi connectivity index (χ0n) is 26.0. The maximum atomic E-state index is 13.1. The van der Waals surface area contributed by atoms with Gasteiger partial charge in [-0.25, -0.2) is 0 Å². The van der Waals surface area contributed by atoms with Crippen LogP contribution >= 0.6 is 0 Å². The van der Waals surface area contributed by atoms with Crippen LogP contribution in [-0.2, 0) is 14.3 Å². The third kappa shape index (κ3) is 3.40. The molecule has 1 spiro atoms. The average molecular weight is 539 g/mol. The predicted molar refractivity (Wildman–Crippen MR) is 155 cm³/mol. The predicted octanol–water partition coefficient (Wildman–Crippen LogP) is 8.56. The quantitative estimate of drug-likeness (QED) is 0.383. The molecule has 7 unspecified atom stereocenters. The van der Waals surface area contributed by atoms with Gasteiger partial charge in [-0.05, 0) is 110 Å². The second kappa shape index (κ2) is 8.46. The Labute approximate surface area is 237 Å². The van der Waals surface area contributed by atoms with E-state index in [2.05, 4.69) is 67.5 Å². The summed E-state index contributed by atoms with van der Waals surface area (Å²) >= 11 is 0. The number of carbonyl (C=O) groups is 1. The normalized spacial score (nSPS) is 47.8. The van der Waals surface area contributed by atoms with Crippen molar-refractivity contribution in [3.8, 4) is 0 Å². The van der Waals surface area contributed by atoms with Crippen LogP contribution in [0.15, 0.2) is 23.3 Å². The Hall–Kier alpha value is -1.13. The third-order valence-corrected chi connectivity index (χ3v) is 14.4. The highest BCUT2D eigenvalue weighted by molar-refractivity contribution is 5.77. The number of ether oxygens (including phenoxy) is 2. The van der Waals surface area contributed by atoms with Crippen LogP contribution in [0.4, 0.5) is 0 Å². The van der Waals surface area contributed by atoms with Crippen LogP contribution in [0.2, 0.25) is 0 Å². The first-order valence-electron chi connectivity index (χ1n) is 16.0. The molecule has 4 saturated carbocycles. The largest absolute Gasteiger partial charge is 0.481 e. The highest BCUT2D eigenvalue weighted by atomic mass is 16.7. The van der Waals surface area contributed by atoms with Gasteiger partial charge >= 0.3 is 5.97 Å². The van der Waals surface area contributed by atoms with E-state index < -0.39 is 17.2 Å². The van der Waals surface area contributed by atoms with Crippen molar-refractivity contribution in [1.82, 2.24) is 0 Å². The van der Waals surface area contributed by atoms with Crippen molar-refractivity contribution in [2.75, 3.05) is 13.2 Å². The lowest BCUT2D eigenvalue weighted by Gasteiger charge is -2.72. The molecule has 5 fully saturated rings. The van der Waals surface area contributed by atoms with E-state index in [0.717, 1.165) is 51.4 Å². The monoisotopic (exact) mass is 538 g/mol. The fourth-order valence-corrected chi connectivity index (χ4v) is 12.0. The molecule has 39 heavy (non-hydrogen) atoms. The number of carboxylic acid groups (broad SMARTS) is 1. The van der Waals surface area contributed by atoms with Crippen LogP contribution in [0.25, 0.3) is 0 Å². The van der Waals surface area contributed by atoms with Crippen molar-refractivity contribution in [1.29, 1.82) is 0 Å². The number of aliphatic carboxylic acids is 1. The summed E-state index contributed by atoms with van der Waals surface area (Å²) in [6, 6.07) is 0. The Morgan fingerprint density at radius 3 is 2.18 bits per heavy atom. The van der Waals surface area contributed by atoms with Gasteiger partial charge in [-0.1, -0.05) is 66.2 Å². The molecule has 1 N–H and O–H groups in total. The zero-order chi connectivity index (χ0) is 28.3. The van der Waals surface area contributed by atoms with Gasteiger partial charge in [-0.15, -0.1) is 0 Å². The molecule has 4 heteroatoms. The van der Waals surface area contributed by atoms with Crippen LogP contribution in [0.1, 0.15) is 120 Å². The molecule has 0 aromatic heterocycles. The van der Waals surface area contributed by atoms with E-state index in [0.29, 0.717) is 25.0 Å². The minimum absolute atomic E-state index is 0.0232. The number of hydrogen-bond donors (Lipinski definition) is 1. The molecule has 1 saturated heterocycles. The van der Waals surface area contributed by atoms with Crippen molar-refractivity contribution in [2.45, 2.75) is 125 Å². The molecule has 5 aliphatic carbocycles. The molecule has 7 atom stereocenters. The van der Waals surface area contributed by atoms with Gasteiger partial charge < -0.3 is 14.6 Å². The topological polar surface area (TPSA) is 55.8 Å². The fourth-order valence-electron chi connectivity index (χ4n) is 12.0. The van der Waals surface area contributed by atoms with Crippen molar-refractivity contribution in [3.05, 3.63) is 23.3 Å². The van der Waals surface area contributed by atoms with E-state index in [1.807, 2.05) is 0 Å². The van der Waals surface area contributed by atoms with Crippen molar-refractivity contribution < 1.29 is 19.4 Å². The summed E-state index contributed by atoms with van der Waals surface area (Å²) in [4.78, 5) is 13.1. The van der Waals surface area contributed by atoms with Gasteiger partial charge in [-0.2, -0.15) is 0 Å². The SMILES string of the molecule is CC=CC1=C2C3CC(C)(C)CCC3(C(=O)O)CCC2(C)C2(C)CCC3C(C)(CCC4(OCCO4)C3(C)C)C2C1. The minimum atomic E-state index is -0.599. The lowest BCUT2D eigenvalue weighted by Crippen LogP contribution is -2.67. The van der Waals surface area contributed by atoms with E-state index >= 15 is 0 Å². The first kappa shape index (κ1) is 28.0. The number of hydrogen-bond acceptors (Lipinski definition) is 3. The Kier molecular flexibility index (Phi) is 6.08. The van der Waals surface area contributed by atoms with E-state index in [9.17, 15) is 9.90 Å². The summed E-state index contributed by atoms with van der Waals surface area (Å²) in [5.41, 5.74) is 2.94. The first-order valence-corrected chi connectivity index (χ1v) is 16.0. The van der Waals surface area contributed by atoms with Gasteiger partial charge in [0.05, 0.1) is 18.6 Å². The fraction of sp³-hybridized carbons (Fsp3) is 0.857. The molecule has 6 aliphatic rings. The van der Waals surface area contributed by atoms with Crippen molar-refractivity contribution >= 4 is 5.97 Å². The van der Waals surface area contributed by atoms with Crippen LogP contribution in [0.3, 0.4) is 0 Å². The highest BCUT2D eigenvalue weighted by Gasteiger charge is 2.72. The number of allylic oxidation sites excluding steroid dienone is 4. The lowest BCUT2D eigenvalue weighted by molar-refractivity contribution is -0.307. The molecule has 0 radical (unpaired) electrons. The van der Waals surface area contributed by atoms with Crippen LogP contribution in [-0.4, -0.2) is 30.1 Å². The molecule has 1 aliphatic heterocycles. The van der Waals surface area contributed by atoms with Crippen molar-refractivity contribution in [2.24, 2.45) is 50.2 Å². The second-order valence-corrected chi connectivity index (χ2v) is 16.6. The third-order valence-electron chi connectivity index (χ3n) is 14.4. The smallest absolute Gasteiger partial charge is 0.310 e. The Bertz CT molecular complexity index is 1110. The number of rotatable bonds is 2. The van der Waals surface area contributed by atoms with Gasteiger partial charge in [0.15, 0.2) is 5.79 Å². The summed E-state index contributed by atoms with van der Waals surface area (Å²) in [6.07, 6.45) is 14.9. The molecule has 4 nitrogen and oxygen atoms in total. The molecule has 0 amide bonds. The Morgan fingerprint density at radius 2 is 1.54 bits per heavy atom.